The lowest BCUT2D eigenvalue weighted by Gasteiger charge is -2.24. The van der Waals surface area contributed by atoms with E-state index in [0.717, 1.165) is 23.3 Å². The summed E-state index contributed by atoms with van der Waals surface area (Å²) in [6.07, 6.45) is -4.48. The van der Waals surface area contributed by atoms with Crippen molar-refractivity contribution < 1.29 is 22.8 Å². The molecule has 4 aromatic carbocycles. The van der Waals surface area contributed by atoms with Gasteiger partial charge in [0, 0.05) is 27.8 Å². The monoisotopic (exact) mass is 484 g/mol. The first kappa shape index (κ1) is 23.7. The van der Waals surface area contributed by atoms with Crippen LogP contribution in [0.3, 0.4) is 0 Å². The standard InChI is InChI=1S/C31H23F3O2/c1-30(2,3)20-12-8-18(9-13-20)22-16-17-25-27(29(36)24-7-5-4-6-23(24)28(25)35)26(22)19-10-14-21(15-11-19)31(32,33)34/h4-17H,1-3H3. The van der Waals surface area contributed by atoms with Crippen LogP contribution in [0.5, 0.6) is 0 Å². The third-order valence-corrected chi connectivity index (χ3v) is 6.66. The average molecular weight is 485 g/mol. The van der Waals surface area contributed by atoms with Crippen molar-refractivity contribution in [2.45, 2.75) is 32.4 Å². The molecule has 0 aliphatic heterocycles. The average Bonchev–Trinajstić information content (AvgIpc) is 2.85. The van der Waals surface area contributed by atoms with Gasteiger partial charge in [0.1, 0.15) is 0 Å². The fourth-order valence-corrected chi connectivity index (χ4v) is 4.70. The Kier molecular flexibility index (Phi) is 5.47. The quantitative estimate of drug-likeness (QED) is 0.254. The minimum atomic E-state index is -4.48. The topological polar surface area (TPSA) is 34.1 Å². The number of carbonyl (C=O) groups excluding carboxylic acids is 2. The van der Waals surface area contributed by atoms with Gasteiger partial charge in [0.05, 0.1) is 5.56 Å². The van der Waals surface area contributed by atoms with Crippen LogP contribution >= 0.6 is 0 Å². The first-order valence-corrected chi connectivity index (χ1v) is 11.6. The second-order valence-electron chi connectivity index (χ2n) is 10.0. The number of halogens is 3. The molecule has 5 rings (SSSR count). The zero-order valence-corrected chi connectivity index (χ0v) is 20.0. The Morgan fingerprint density at radius 3 is 1.56 bits per heavy atom. The largest absolute Gasteiger partial charge is 0.416 e. The van der Waals surface area contributed by atoms with E-state index in [9.17, 15) is 22.8 Å². The molecule has 5 heteroatoms. The number of fused-ring (bicyclic) bond motifs is 2. The normalized spacial score (nSPS) is 13.4. The van der Waals surface area contributed by atoms with E-state index in [1.165, 1.54) is 12.1 Å². The summed E-state index contributed by atoms with van der Waals surface area (Å²) in [6.45, 7) is 6.32. The summed E-state index contributed by atoms with van der Waals surface area (Å²) in [6, 6.07) is 22.7. The summed E-state index contributed by atoms with van der Waals surface area (Å²) >= 11 is 0. The molecule has 2 nitrogen and oxygen atoms in total. The van der Waals surface area contributed by atoms with Gasteiger partial charge in [-0.2, -0.15) is 13.2 Å². The van der Waals surface area contributed by atoms with Crippen molar-refractivity contribution in [1.29, 1.82) is 0 Å². The van der Waals surface area contributed by atoms with Crippen LogP contribution in [0.25, 0.3) is 22.3 Å². The van der Waals surface area contributed by atoms with Crippen LogP contribution in [-0.4, -0.2) is 11.6 Å². The number of carbonyl (C=O) groups is 2. The van der Waals surface area contributed by atoms with Crippen LogP contribution in [0.15, 0.2) is 84.9 Å². The van der Waals surface area contributed by atoms with E-state index in [-0.39, 0.29) is 28.1 Å². The number of hydrogen-bond acceptors (Lipinski definition) is 2. The molecule has 0 fully saturated rings. The van der Waals surface area contributed by atoms with Crippen molar-refractivity contribution >= 4 is 11.6 Å². The SMILES string of the molecule is CC(C)(C)c1ccc(-c2ccc3c(c2-c2ccc(C(F)(F)F)cc2)C(=O)c2ccccc2C3=O)cc1. The van der Waals surface area contributed by atoms with Crippen molar-refractivity contribution in [3.63, 3.8) is 0 Å². The Labute approximate surface area is 207 Å². The molecule has 0 heterocycles. The van der Waals surface area contributed by atoms with Gasteiger partial charge in [-0.15, -0.1) is 0 Å². The fourth-order valence-electron chi connectivity index (χ4n) is 4.70. The van der Waals surface area contributed by atoms with E-state index in [0.29, 0.717) is 27.8 Å². The highest BCUT2D eigenvalue weighted by Gasteiger charge is 2.34. The second-order valence-corrected chi connectivity index (χ2v) is 10.0. The molecule has 0 aromatic heterocycles. The Balaban J connectivity index is 1.77. The van der Waals surface area contributed by atoms with E-state index in [2.05, 4.69) is 20.8 Å². The summed E-state index contributed by atoms with van der Waals surface area (Å²) in [4.78, 5) is 27.0. The lowest BCUT2D eigenvalue weighted by atomic mass is 9.77. The highest BCUT2D eigenvalue weighted by Crippen LogP contribution is 2.42. The molecule has 0 amide bonds. The molecule has 0 N–H and O–H groups in total. The van der Waals surface area contributed by atoms with Crippen LogP contribution in [0.1, 0.15) is 63.7 Å². The lowest BCUT2D eigenvalue weighted by Crippen LogP contribution is -2.22. The highest BCUT2D eigenvalue weighted by molar-refractivity contribution is 6.31. The molecule has 180 valence electrons. The smallest absolute Gasteiger partial charge is 0.289 e. The zero-order valence-electron chi connectivity index (χ0n) is 20.0. The van der Waals surface area contributed by atoms with E-state index in [1.54, 1.807) is 36.4 Å². The Bertz CT molecular complexity index is 1500. The first-order valence-electron chi connectivity index (χ1n) is 11.6. The van der Waals surface area contributed by atoms with Gasteiger partial charge in [-0.1, -0.05) is 87.5 Å². The van der Waals surface area contributed by atoms with Gasteiger partial charge in [0.25, 0.3) is 0 Å². The maximum absolute atomic E-state index is 13.7. The van der Waals surface area contributed by atoms with Gasteiger partial charge < -0.3 is 0 Å². The predicted molar refractivity (Wildman–Crippen MR) is 134 cm³/mol. The van der Waals surface area contributed by atoms with Crippen LogP contribution in [0.4, 0.5) is 13.2 Å². The molecule has 0 bridgehead atoms. The Morgan fingerprint density at radius 2 is 1.00 bits per heavy atom. The maximum Gasteiger partial charge on any atom is 0.416 e. The molecule has 1 aliphatic carbocycles. The van der Waals surface area contributed by atoms with Crippen LogP contribution in [0, 0.1) is 0 Å². The number of benzene rings is 4. The van der Waals surface area contributed by atoms with Gasteiger partial charge in [-0.05, 0) is 45.9 Å². The molecule has 0 atom stereocenters. The maximum atomic E-state index is 13.7. The molecule has 0 saturated carbocycles. The number of rotatable bonds is 2. The van der Waals surface area contributed by atoms with E-state index in [4.69, 9.17) is 0 Å². The fraction of sp³-hybridized carbons (Fsp3) is 0.161. The molecular formula is C31H23F3O2. The number of hydrogen-bond donors (Lipinski definition) is 0. The van der Waals surface area contributed by atoms with Crippen molar-refractivity contribution in [3.05, 3.63) is 118 Å². The van der Waals surface area contributed by atoms with Gasteiger partial charge >= 0.3 is 6.18 Å². The first-order chi connectivity index (χ1) is 17.0. The Hall–Kier alpha value is -3.99. The second kappa shape index (κ2) is 8.30. The van der Waals surface area contributed by atoms with Gasteiger partial charge in [-0.3, -0.25) is 9.59 Å². The molecular weight excluding hydrogens is 461 g/mol. The molecule has 0 radical (unpaired) electrons. The van der Waals surface area contributed by atoms with E-state index in [1.807, 2.05) is 24.3 Å². The van der Waals surface area contributed by atoms with E-state index < -0.39 is 11.7 Å². The molecule has 0 spiro atoms. The van der Waals surface area contributed by atoms with E-state index >= 15 is 0 Å². The summed E-state index contributed by atoms with van der Waals surface area (Å²) in [5, 5.41) is 0. The van der Waals surface area contributed by atoms with Crippen molar-refractivity contribution in [2.75, 3.05) is 0 Å². The third-order valence-electron chi connectivity index (χ3n) is 6.66. The van der Waals surface area contributed by atoms with Gasteiger partial charge in [-0.25, -0.2) is 0 Å². The molecule has 1 aliphatic rings. The number of alkyl halides is 3. The summed E-state index contributed by atoms with van der Waals surface area (Å²) in [5.74, 6) is -0.591. The third kappa shape index (κ3) is 3.95. The van der Waals surface area contributed by atoms with Crippen LogP contribution in [-0.2, 0) is 11.6 Å². The minimum Gasteiger partial charge on any atom is -0.289 e. The molecule has 0 saturated heterocycles. The van der Waals surface area contributed by atoms with Gasteiger partial charge in [0.15, 0.2) is 11.6 Å². The van der Waals surface area contributed by atoms with Crippen molar-refractivity contribution in [1.82, 2.24) is 0 Å². The summed E-state index contributed by atoms with van der Waals surface area (Å²) in [5.41, 5.74) is 3.76. The molecule has 4 aromatic rings. The highest BCUT2D eigenvalue weighted by atomic mass is 19.4. The van der Waals surface area contributed by atoms with Crippen molar-refractivity contribution in [2.24, 2.45) is 0 Å². The van der Waals surface area contributed by atoms with Crippen molar-refractivity contribution in [3.8, 4) is 22.3 Å². The van der Waals surface area contributed by atoms with Crippen LogP contribution < -0.4 is 0 Å². The van der Waals surface area contributed by atoms with Crippen LogP contribution in [0.2, 0.25) is 0 Å². The minimum absolute atomic E-state index is 0.0588. The molecule has 0 unspecified atom stereocenters. The Morgan fingerprint density at radius 1 is 0.500 bits per heavy atom. The predicted octanol–water partition coefficient (Wildman–Crippen LogP) is 8.11. The zero-order chi connectivity index (χ0) is 25.8. The van der Waals surface area contributed by atoms with Gasteiger partial charge in [0.2, 0.25) is 0 Å². The summed E-state index contributed by atoms with van der Waals surface area (Å²) in [7, 11) is 0. The lowest BCUT2D eigenvalue weighted by molar-refractivity contribution is -0.137. The summed E-state index contributed by atoms with van der Waals surface area (Å²) < 4.78 is 39.8. The number of ketones is 2. The molecule has 36 heavy (non-hydrogen) atoms.